The highest BCUT2D eigenvalue weighted by molar-refractivity contribution is 5.97. The summed E-state index contributed by atoms with van der Waals surface area (Å²) in [4.78, 5) is 13.7. The SMILES string of the molecule is Fc1cc(-c2ccc(-c3ccccn3)cc2)c(-c2cc(-c3cc(F)c(F)cc3-c3ccc(-c4ccccn4)cc3)cc(-c3ccccc3-c3ccc(-c4ccccn4)cc3-c3ccc(-c4ccccc4)cc3)c2)cc1F. The summed E-state index contributed by atoms with van der Waals surface area (Å²) in [5.41, 5.74) is 16.4. The van der Waals surface area contributed by atoms with E-state index >= 15 is 17.6 Å². The van der Waals surface area contributed by atoms with Crippen LogP contribution in [0.4, 0.5) is 17.6 Å². The van der Waals surface area contributed by atoms with Crippen LogP contribution in [-0.2, 0) is 0 Å². The minimum absolute atomic E-state index is 0.396. The maximum absolute atomic E-state index is 15.9. The fraction of sp³-hybridized carbons (Fsp3) is 0. The fourth-order valence-corrected chi connectivity index (χ4v) is 10.0. The van der Waals surface area contributed by atoms with Crippen LogP contribution in [-0.4, -0.2) is 15.0 Å². The van der Waals surface area contributed by atoms with E-state index in [0.29, 0.717) is 50.1 Å². The molecule has 0 N–H and O–H groups in total. The summed E-state index contributed by atoms with van der Waals surface area (Å²) in [5.74, 6) is -4.09. The topological polar surface area (TPSA) is 38.7 Å². The summed E-state index contributed by atoms with van der Waals surface area (Å²) >= 11 is 0. The number of hydrogen-bond acceptors (Lipinski definition) is 3. The molecule has 0 fully saturated rings. The first kappa shape index (κ1) is 47.2. The van der Waals surface area contributed by atoms with E-state index in [4.69, 9.17) is 4.98 Å². The predicted molar refractivity (Wildman–Crippen MR) is 299 cm³/mol. The Bertz CT molecular complexity index is 3880. The summed E-state index contributed by atoms with van der Waals surface area (Å²) in [6, 6.07) is 76.0. The molecule has 3 aromatic heterocycles. The second-order valence-electron chi connectivity index (χ2n) is 18.5. The molecule has 0 aliphatic rings. The monoisotopic (exact) mass is 989 g/mol. The lowest BCUT2D eigenvalue weighted by molar-refractivity contribution is 0.509. The third-order valence-electron chi connectivity index (χ3n) is 13.8. The second-order valence-corrected chi connectivity index (χ2v) is 18.5. The molecule has 76 heavy (non-hydrogen) atoms. The zero-order valence-electron chi connectivity index (χ0n) is 40.7. The molecule has 3 nitrogen and oxygen atoms in total. The molecule has 0 atom stereocenters. The lowest BCUT2D eigenvalue weighted by atomic mass is 9.84. The van der Waals surface area contributed by atoms with Gasteiger partial charge in [-0.15, -0.1) is 0 Å². The van der Waals surface area contributed by atoms with Crippen molar-refractivity contribution in [2.45, 2.75) is 0 Å². The number of aromatic nitrogens is 3. The third-order valence-corrected chi connectivity index (χ3v) is 13.8. The normalized spacial score (nSPS) is 11.2. The van der Waals surface area contributed by atoms with Crippen molar-refractivity contribution in [1.82, 2.24) is 15.0 Å². The highest BCUT2D eigenvalue weighted by Gasteiger charge is 2.22. The summed E-state index contributed by atoms with van der Waals surface area (Å²) in [7, 11) is 0. The quantitative estimate of drug-likeness (QED) is 0.121. The number of hydrogen-bond donors (Lipinski definition) is 0. The van der Waals surface area contributed by atoms with E-state index in [2.05, 4.69) is 70.6 Å². The van der Waals surface area contributed by atoms with Crippen LogP contribution < -0.4 is 0 Å². The van der Waals surface area contributed by atoms with Crippen molar-refractivity contribution in [3.05, 3.63) is 285 Å². The molecular formula is C69H43F4N3. The van der Waals surface area contributed by atoms with Crippen molar-refractivity contribution in [3.63, 3.8) is 0 Å². The van der Waals surface area contributed by atoms with Gasteiger partial charge in [0.1, 0.15) is 0 Å². The zero-order chi connectivity index (χ0) is 51.5. The molecule has 362 valence electrons. The number of nitrogens with zero attached hydrogens (tertiary/aromatic N) is 3. The molecule has 12 aromatic rings. The number of rotatable bonds is 11. The van der Waals surface area contributed by atoms with E-state index < -0.39 is 23.3 Å². The van der Waals surface area contributed by atoms with E-state index in [1.807, 2.05) is 158 Å². The average molecular weight is 990 g/mol. The Morgan fingerprint density at radius 1 is 0.184 bits per heavy atom. The minimum atomic E-state index is -1.03. The Labute approximate surface area is 437 Å². The Kier molecular flexibility index (Phi) is 12.8. The number of benzene rings is 9. The van der Waals surface area contributed by atoms with Gasteiger partial charge in [0.25, 0.3) is 0 Å². The molecule has 0 saturated carbocycles. The lowest BCUT2D eigenvalue weighted by Gasteiger charge is -2.20. The Morgan fingerprint density at radius 3 is 0.921 bits per heavy atom. The Morgan fingerprint density at radius 2 is 0.487 bits per heavy atom. The summed E-state index contributed by atoms with van der Waals surface area (Å²) < 4.78 is 63.1. The Balaban J connectivity index is 1.07. The van der Waals surface area contributed by atoms with Gasteiger partial charge < -0.3 is 0 Å². The predicted octanol–water partition coefficient (Wildman–Crippen LogP) is 18.8. The van der Waals surface area contributed by atoms with Gasteiger partial charge in [0, 0.05) is 35.3 Å². The fourth-order valence-electron chi connectivity index (χ4n) is 10.0. The van der Waals surface area contributed by atoms with Gasteiger partial charge in [0.2, 0.25) is 0 Å². The van der Waals surface area contributed by atoms with Crippen molar-refractivity contribution >= 4 is 0 Å². The molecule has 0 radical (unpaired) electrons. The van der Waals surface area contributed by atoms with Crippen LogP contribution in [0, 0.1) is 23.3 Å². The molecule has 0 bridgehead atoms. The third kappa shape index (κ3) is 9.49. The summed E-state index contributed by atoms with van der Waals surface area (Å²) in [6.45, 7) is 0. The second kappa shape index (κ2) is 20.6. The van der Waals surface area contributed by atoms with Crippen LogP contribution in [0.25, 0.3) is 123 Å². The molecule has 0 spiro atoms. The largest absolute Gasteiger partial charge is 0.256 e. The van der Waals surface area contributed by atoms with Gasteiger partial charge in [0.15, 0.2) is 23.3 Å². The number of pyridine rings is 3. The molecule has 0 saturated heterocycles. The van der Waals surface area contributed by atoms with Crippen LogP contribution in [0.5, 0.6) is 0 Å². The molecular weight excluding hydrogens is 947 g/mol. The van der Waals surface area contributed by atoms with Gasteiger partial charge >= 0.3 is 0 Å². The van der Waals surface area contributed by atoms with Gasteiger partial charge in [-0.3, -0.25) is 15.0 Å². The van der Waals surface area contributed by atoms with Gasteiger partial charge in [0.05, 0.1) is 17.1 Å². The van der Waals surface area contributed by atoms with E-state index in [1.165, 1.54) is 24.3 Å². The van der Waals surface area contributed by atoms with Crippen molar-refractivity contribution in [2.75, 3.05) is 0 Å². The van der Waals surface area contributed by atoms with Gasteiger partial charge in [-0.05, 0) is 174 Å². The van der Waals surface area contributed by atoms with E-state index in [1.54, 1.807) is 18.6 Å². The van der Waals surface area contributed by atoms with Crippen LogP contribution in [0.15, 0.2) is 261 Å². The van der Waals surface area contributed by atoms with Crippen molar-refractivity contribution in [3.8, 4) is 123 Å². The van der Waals surface area contributed by atoms with Crippen LogP contribution in [0.2, 0.25) is 0 Å². The van der Waals surface area contributed by atoms with E-state index in [-0.39, 0.29) is 0 Å². The molecule has 0 unspecified atom stereocenters. The first-order valence-corrected chi connectivity index (χ1v) is 24.8. The van der Waals surface area contributed by atoms with Gasteiger partial charge in [-0.1, -0.05) is 158 Å². The van der Waals surface area contributed by atoms with Crippen LogP contribution in [0.1, 0.15) is 0 Å². The summed E-state index contributed by atoms with van der Waals surface area (Å²) in [5, 5.41) is 0. The van der Waals surface area contributed by atoms with E-state index in [0.717, 1.165) is 72.7 Å². The molecule has 7 heteroatoms. The highest BCUT2D eigenvalue weighted by atomic mass is 19.2. The van der Waals surface area contributed by atoms with Crippen molar-refractivity contribution < 1.29 is 17.6 Å². The molecule has 0 aliphatic heterocycles. The molecule has 9 aromatic carbocycles. The molecule has 3 heterocycles. The minimum Gasteiger partial charge on any atom is -0.256 e. The van der Waals surface area contributed by atoms with Gasteiger partial charge in [-0.25, -0.2) is 17.6 Å². The first-order valence-electron chi connectivity index (χ1n) is 24.8. The van der Waals surface area contributed by atoms with E-state index in [9.17, 15) is 0 Å². The number of halogens is 4. The van der Waals surface area contributed by atoms with Crippen molar-refractivity contribution in [1.29, 1.82) is 0 Å². The maximum atomic E-state index is 15.9. The lowest BCUT2D eigenvalue weighted by Crippen LogP contribution is -1.96. The average Bonchev–Trinajstić information content (AvgIpc) is 3.53. The highest BCUT2D eigenvalue weighted by Crippen LogP contribution is 2.46. The molecule has 0 amide bonds. The Hall–Kier alpha value is -9.85. The molecule has 12 rings (SSSR count). The molecule has 0 aliphatic carbocycles. The standard InChI is InChI=1S/C69H43F4N3/c70-63-40-59(47-23-27-49(28-24-47)67-16-6-9-33-74-67)61(42-65(63)72)53-36-52(37-54(38-53)62-43-66(73)64(71)41-60(62)48-25-29-50(30-26-48)68-17-7-10-34-75-68)55-14-4-5-15-56(55)57-32-31-51(69-18-8-11-35-76-69)39-58(57)46-21-19-45(20-22-46)44-12-2-1-3-13-44/h1-43H. The van der Waals surface area contributed by atoms with Crippen LogP contribution >= 0.6 is 0 Å². The van der Waals surface area contributed by atoms with Gasteiger partial charge in [-0.2, -0.15) is 0 Å². The maximum Gasteiger partial charge on any atom is 0.159 e. The summed E-state index contributed by atoms with van der Waals surface area (Å²) in [6.07, 6.45) is 5.22. The first-order chi connectivity index (χ1) is 37.3. The smallest absolute Gasteiger partial charge is 0.159 e. The zero-order valence-corrected chi connectivity index (χ0v) is 40.7. The van der Waals surface area contributed by atoms with Crippen LogP contribution in [0.3, 0.4) is 0 Å². The van der Waals surface area contributed by atoms with Crippen molar-refractivity contribution in [2.24, 2.45) is 0 Å².